The summed E-state index contributed by atoms with van der Waals surface area (Å²) in [6.07, 6.45) is -1.66. The van der Waals surface area contributed by atoms with Crippen LogP contribution in [0.5, 0.6) is 23.0 Å². The summed E-state index contributed by atoms with van der Waals surface area (Å²) in [7, 11) is 0. The van der Waals surface area contributed by atoms with E-state index in [9.17, 15) is 25.3 Å². The number of ether oxygens (including phenoxy) is 1. The molecule has 2 aromatic rings. The van der Waals surface area contributed by atoms with Gasteiger partial charge in [0.1, 0.15) is 23.3 Å². The largest absolute Gasteiger partial charge is 0.508 e. The lowest BCUT2D eigenvalue weighted by Crippen LogP contribution is -2.30. The molecule has 114 valence electrons. The fraction of sp³-hybridized carbons (Fsp3) is 0.200. The Kier molecular flexibility index (Phi) is 3.34. The summed E-state index contributed by atoms with van der Waals surface area (Å²) in [4.78, 5) is 10.8. The predicted molar refractivity (Wildman–Crippen MR) is 76.4 cm³/mol. The highest BCUT2D eigenvalue weighted by molar-refractivity contribution is 5.59. The van der Waals surface area contributed by atoms with Gasteiger partial charge in [0.15, 0.2) is 11.5 Å². The molecule has 0 saturated heterocycles. The van der Waals surface area contributed by atoms with Crippen LogP contribution in [0, 0.1) is 4.91 Å². The van der Waals surface area contributed by atoms with E-state index in [1.807, 2.05) is 0 Å². The number of phenols is 3. The van der Waals surface area contributed by atoms with Gasteiger partial charge in [-0.25, -0.2) is 0 Å². The molecule has 2 unspecified atom stereocenters. The Bertz CT molecular complexity index is 745. The van der Waals surface area contributed by atoms with Crippen molar-refractivity contribution in [3.8, 4) is 23.0 Å². The fourth-order valence-electron chi connectivity index (χ4n) is 2.55. The average Bonchev–Trinajstić information content (AvgIpc) is 2.49. The second-order valence-electron chi connectivity index (χ2n) is 5.09. The van der Waals surface area contributed by atoms with Gasteiger partial charge in [0.2, 0.25) is 0 Å². The lowest BCUT2D eigenvalue weighted by molar-refractivity contribution is 0.0207. The van der Waals surface area contributed by atoms with Crippen LogP contribution in [0.2, 0.25) is 0 Å². The summed E-state index contributed by atoms with van der Waals surface area (Å²) >= 11 is 0. The van der Waals surface area contributed by atoms with Crippen molar-refractivity contribution < 1.29 is 25.2 Å². The van der Waals surface area contributed by atoms with Gasteiger partial charge in [-0.2, -0.15) is 0 Å². The molecular formula is C15H13NO6. The number of fused-ring (bicyclic) bond motifs is 1. The van der Waals surface area contributed by atoms with E-state index in [1.165, 1.54) is 30.3 Å². The first kappa shape index (κ1) is 14.2. The van der Waals surface area contributed by atoms with Crippen LogP contribution in [0.4, 0.5) is 5.69 Å². The molecule has 3 rings (SSSR count). The quantitative estimate of drug-likeness (QED) is 0.499. The van der Waals surface area contributed by atoms with Crippen LogP contribution in [0.3, 0.4) is 0 Å². The van der Waals surface area contributed by atoms with Crippen molar-refractivity contribution >= 4 is 5.69 Å². The van der Waals surface area contributed by atoms with Crippen LogP contribution < -0.4 is 4.74 Å². The Morgan fingerprint density at radius 2 is 1.86 bits per heavy atom. The first-order chi connectivity index (χ1) is 10.5. The zero-order valence-electron chi connectivity index (χ0n) is 11.3. The smallest absolute Gasteiger partial charge is 0.157 e. The highest BCUT2D eigenvalue weighted by Crippen LogP contribution is 2.43. The van der Waals surface area contributed by atoms with E-state index < -0.39 is 12.2 Å². The van der Waals surface area contributed by atoms with Crippen molar-refractivity contribution in [3.63, 3.8) is 0 Å². The minimum absolute atomic E-state index is 0.0149. The van der Waals surface area contributed by atoms with Gasteiger partial charge in [0, 0.05) is 24.1 Å². The molecule has 0 bridgehead atoms. The number of aliphatic hydroxyl groups is 1. The Balaban J connectivity index is 2.02. The number of nitrogens with zero attached hydrogens (tertiary/aromatic N) is 1. The van der Waals surface area contributed by atoms with Crippen LogP contribution in [-0.4, -0.2) is 26.5 Å². The summed E-state index contributed by atoms with van der Waals surface area (Å²) in [5.74, 6) is -0.528. The zero-order valence-corrected chi connectivity index (χ0v) is 11.3. The zero-order chi connectivity index (χ0) is 15.9. The van der Waals surface area contributed by atoms with Crippen molar-refractivity contribution in [2.75, 3.05) is 0 Å². The molecular weight excluding hydrogens is 290 g/mol. The van der Waals surface area contributed by atoms with Gasteiger partial charge in [0.05, 0.1) is 6.10 Å². The number of aliphatic hydroxyl groups excluding tert-OH is 1. The van der Waals surface area contributed by atoms with Gasteiger partial charge in [-0.15, -0.1) is 4.91 Å². The van der Waals surface area contributed by atoms with Crippen molar-refractivity contribution in [1.29, 1.82) is 0 Å². The molecule has 1 aliphatic heterocycles. The SMILES string of the molecule is O=Nc1cc(O)cc2c1CC(O)C(c1ccc(O)c(O)c1)O2. The van der Waals surface area contributed by atoms with Crippen LogP contribution in [0.15, 0.2) is 35.5 Å². The van der Waals surface area contributed by atoms with Gasteiger partial charge in [-0.1, -0.05) is 6.07 Å². The number of hydrogen-bond acceptors (Lipinski definition) is 7. The molecule has 0 aliphatic carbocycles. The number of rotatable bonds is 2. The number of aromatic hydroxyl groups is 3. The number of benzene rings is 2. The summed E-state index contributed by atoms with van der Waals surface area (Å²) in [5, 5.41) is 41.6. The predicted octanol–water partition coefficient (Wildman–Crippen LogP) is 2.24. The Morgan fingerprint density at radius 3 is 2.55 bits per heavy atom. The van der Waals surface area contributed by atoms with Crippen molar-refractivity contribution in [3.05, 3.63) is 46.4 Å². The molecule has 0 aromatic heterocycles. The van der Waals surface area contributed by atoms with E-state index >= 15 is 0 Å². The van der Waals surface area contributed by atoms with Crippen molar-refractivity contribution in [1.82, 2.24) is 0 Å². The Hall–Kier alpha value is -2.80. The number of phenolic OH excluding ortho intramolecular Hbond substituents is 3. The van der Waals surface area contributed by atoms with Gasteiger partial charge in [-0.3, -0.25) is 0 Å². The van der Waals surface area contributed by atoms with Gasteiger partial charge in [-0.05, 0) is 22.9 Å². The maximum Gasteiger partial charge on any atom is 0.157 e. The topological polar surface area (TPSA) is 120 Å². The van der Waals surface area contributed by atoms with Gasteiger partial charge < -0.3 is 25.2 Å². The third kappa shape index (κ3) is 2.31. The first-order valence-electron chi connectivity index (χ1n) is 6.55. The number of nitroso groups, excluding NO2 is 1. The highest BCUT2D eigenvalue weighted by Gasteiger charge is 2.32. The van der Waals surface area contributed by atoms with Crippen LogP contribution in [0.25, 0.3) is 0 Å². The van der Waals surface area contributed by atoms with E-state index in [2.05, 4.69) is 5.18 Å². The molecule has 7 heteroatoms. The molecule has 0 spiro atoms. The number of hydrogen-bond donors (Lipinski definition) is 4. The molecule has 0 fully saturated rings. The van der Waals surface area contributed by atoms with Crippen LogP contribution in [-0.2, 0) is 6.42 Å². The monoisotopic (exact) mass is 303 g/mol. The molecule has 0 saturated carbocycles. The molecule has 4 N–H and O–H groups in total. The molecule has 7 nitrogen and oxygen atoms in total. The average molecular weight is 303 g/mol. The van der Waals surface area contributed by atoms with Crippen molar-refractivity contribution in [2.45, 2.75) is 18.6 Å². The molecule has 0 radical (unpaired) electrons. The Morgan fingerprint density at radius 1 is 1.09 bits per heavy atom. The molecule has 22 heavy (non-hydrogen) atoms. The normalized spacial score (nSPS) is 20.0. The summed E-state index contributed by atoms with van der Waals surface area (Å²) in [6.45, 7) is 0. The second kappa shape index (κ2) is 5.19. The third-order valence-electron chi connectivity index (χ3n) is 3.61. The summed E-state index contributed by atoms with van der Waals surface area (Å²) in [5.41, 5.74) is 0.887. The molecule has 0 amide bonds. The molecule has 1 heterocycles. The summed E-state index contributed by atoms with van der Waals surface area (Å²) in [6, 6.07) is 6.63. The van der Waals surface area contributed by atoms with E-state index in [-0.39, 0.29) is 35.1 Å². The van der Waals surface area contributed by atoms with E-state index in [4.69, 9.17) is 4.74 Å². The fourth-order valence-corrected chi connectivity index (χ4v) is 2.55. The first-order valence-corrected chi connectivity index (χ1v) is 6.55. The van der Waals surface area contributed by atoms with E-state index in [0.717, 1.165) is 0 Å². The standard InChI is InChI=1S/C15H13NO6/c17-8-4-10(16-21)9-6-13(20)15(22-14(9)5-8)7-1-2-11(18)12(19)3-7/h1-5,13,15,17-20H,6H2. The maximum absolute atomic E-state index is 10.8. The minimum atomic E-state index is -0.971. The molecule has 2 aromatic carbocycles. The molecule has 1 aliphatic rings. The lowest BCUT2D eigenvalue weighted by Gasteiger charge is -2.31. The van der Waals surface area contributed by atoms with Crippen LogP contribution in [0.1, 0.15) is 17.2 Å². The minimum Gasteiger partial charge on any atom is -0.508 e. The van der Waals surface area contributed by atoms with Gasteiger partial charge in [0.25, 0.3) is 0 Å². The van der Waals surface area contributed by atoms with Crippen LogP contribution >= 0.6 is 0 Å². The Labute approximate surface area is 125 Å². The lowest BCUT2D eigenvalue weighted by atomic mass is 9.93. The van der Waals surface area contributed by atoms with E-state index in [0.29, 0.717) is 11.1 Å². The maximum atomic E-state index is 10.8. The highest BCUT2D eigenvalue weighted by atomic mass is 16.5. The summed E-state index contributed by atoms with van der Waals surface area (Å²) < 4.78 is 5.65. The van der Waals surface area contributed by atoms with E-state index in [1.54, 1.807) is 0 Å². The molecule has 2 atom stereocenters. The second-order valence-corrected chi connectivity index (χ2v) is 5.09. The van der Waals surface area contributed by atoms with Gasteiger partial charge >= 0.3 is 0 Å². The third-order valence-corrected chi connectivity index (χ3v) is 3.61. The van der Waals surface area contributed by atoms with Crippen molar-refractivity contribution in [2.24, 2.45) is 5.18 Å².